The van der Waals surface area contributed by atoms with E-state index in [0.29, 0.717) is 12.1 Å². The van der Waals surface area contributed by atoms with Crippen LogP contribution >= 0.6 is 0 Å². The summed E-state index contributed by atoms with van der Waals surface area (Å²) in [5, 5.41) is 13.7. The lowest BCUT2D eigenvalue weighted by Gasteiger charge is -2.14. The number of carbonyl (C=O) groups is 1. The average molecular weight is 281 g/mol. The largest absolute Gasteiger partial charge is 0.481 e. The first-order chi connectivity index (χ1) is 10.2. The Morgan fingerprint density at radius 1 is 1.29 bits per heavy atom. The van der Waals surface area contributed by atoms with Crippen molar-refractivity contribution in [2.24, 2.45) is 0 Å². The number of hydrogen-bond acceptors (Lipinski definition) is 3. The predicted octanol–water partition coefficient (Wildman–Crippen LogP) is 2.45. The van der Waals surface area contributed by atoms with Crippen molar-refractivity contribution in [3.8, 4) is 0 Å². The van der Waals surface area contributed by atoms with Gasteiger partial charge < -0.3 is 5.11 Å². The Morgan fingerprint density at radius 3 is 2.86 bits per heavy atom. The third-order valence-corrected chi connectivity index (χ3v) is 3.67. The molecule has 21 heavy (non-hydrogen) atoms. The summed E-state index contributed by atoms with van der Waals surface area (Å²) < 4.78 is 1.65. The van der Waals surface area contributed by atoms with Crippen molar-refractivity contribution < 1.29 is 9.90 Å². The number of carboxylic acid groups (broad SMARTS) is 1. The van der Waals surface area contributed by atoms with E-state index in [4.69, 9.17) is 0 Å². The Balaban J connectivity index is 2.05. The molecule has 0 saturated carbocycles. The molecule has 1 atom stereocenters. The maximum atomic E-state index is 11.7. The molecule has 5 nitrogen and oxygen atoms in total. The number of aromatic nitrogens is 3. The van der Waals surface area contributed by atoms with E-state index in [1.54, 1.807) is 29.2 Å². The van der Waals surface area contributed by atoms with Gasteiger partial charge in [0.25, 0.3) is 0 Å². The third-order valence-electron chi connectivity index (χ3n) is 3.67. The first kappa shape index (κ1) is 13.3. The van der Waals surface area contributed by atoms with E-state index in [-0.39, 0.29) is 0 Å². The summed E-state index contributed by atoms with van der Waals surface area (Å²) in [6.45, 7) is 1.99. The lowest BCUT2D eigenvalue weighted by molar-refractivity contribution is -0.138. The van der Waals surface area contributed by atoms with E-state index in [2.05, 4.69) is 10.1 Å². The monoisotopic (exact) mass is 281 g/mol. The summed E-state index contributed by atoms with van der Waals surface area (Å²) in [4.78, 5) is 16.0. The van der Waals surface area contributed by atoms with Gasteiger partial charge in [-0.1, -0.05) is 24.3 Å². The molecule has 0 aliphatic carbocycles. The Morgan fingerprint density at radius 2 is 2.10 bits per heavy atom. The second kappa shape index (κ2) is 5.36. The highest BCUT2D eigenvalue weighted by Gasteiger charge is 2.25. The SMILES string of the molecule is Cc1ccccc1CC(C(=O)O)c1nccn2nccc12. The predicted molar refractivity (Wildman–Crippen MR) is 78.2 cm³/mol. The van der Waals surface area contributed by atoms with E-state index in [1.807, 2.05) is 31.2 Å². The van der Waals surface area contributed by atoms with Crippen molar-refractivity contribution in [2.75, 3.05) is 0 Å². The van der Waals surface area contributed by atoms with Crippen LogP contribution in [0.4, 0.5) is 0 Å². The molecule has 0 amide bonds. The summed E-state index contributed by atoms with van der Waals surface area (Å²) in [6, 6.07) is 9.61. The fourth-order valence-corrected chi connectivity index (χ4v) is 2.51. The van der Waals surface area contributed by atoms with Gasteiger partial charge in [-0.25, -0.2) is 4.52 Å². The number of carboxylic acids is 1. The van der Waals surface area contributed by atoms with Gasteiger partial charge in [-0.2, -0.15) is 5.10 Å². The summed E-state index contributed by atoms with van der Waals surface area (Å²) in [7, 11) is 0. The molecule has 1 N–H and O–H groups in total. The minimum Gasteiger partial charge on any atom is -0.481 e. The number of benzene rings is 1. The molecule has 0 fully saturated rings. The van der Waals surface area contributed by atoms with Crippen LogP contribution in [0.1, 0.15) is 22.7 Å². The van der Waals surface area contributed by atoms with Crippen LogP contribution in [0.3, 0.4) is 0 Å². The number of nitrogens with zero attached hydrogens (tertiary/aromatic N) is 3. The lowest BCUT2D eigenvalue weighted by atomic mass is 9.93. The van der Waals surface area contributed by atoms with Gasteiger partial charge >= 0.3 is 5.97 Å². The quantitative estimate of drug-likeness (QED) is 0.797. The fraction of sp³-hybridized carbons (Fsp3) is 0.188. The lowest BCUT2D eigenvalue weighted by Crippen LogP contribution is -2.17. The zero-order chi connectivity index (χ0) is 14.8. The van der Waals surface area contributed by atoms with Crippen LogP contribution in [0, 0.1) is 6.92 Å². The van der Waals surface area contributed by atoms with Gasteiger partial charge in [-0.05, 0) is 30.5 Å². The zero-order valence-corrected chi connectivity index (χ0v) is 11.6. The maximum absolute atomic E-state index is 11.7. The Labute approximate surface area is 121 Å². The highest BCUT2D eigenvalue weighted by molar-refractivity contribution is 5.79. The van der Waals surface area contributed by atoms with Gasteiger partial charge in [-0.15, -0.1) is 0 Å². The number of aryl methyl sites for hydroxylation is 1. The van der Waals surface area contributed by atoms with Crippen LogP contribution in [0.5, 0.6) is 0 Å². The molecule has 1 aromatic carbocycles. The summed E-state index contributed by atoms with van der Waals surface area (Å²) in [5.74, 6) is -1.56. The number of fused-ring (bicyclic) bond motifs is 1. The summed E-state index contributed by atoms with van der Waals surface area (Å²) in [5.41, 5.74) is 3.39. The smallest absolute Gasteiger partial charge is 0.313 e. The molecular formula is C16H15N3O2. The Hall–Kier alpha value is -2.69. The summed E-state index contributed by atoms with van der Waals surface area (Å²) >= 11 is 0. The van der Waals surface area contributed by atoms with Crippen molar-refractivity contribution >= 4 is 11.5 Å². The molecule has 0 bridgehead atoms. The molecule has 0 aliphatic rings. The first-order valence-corrected chi connectivity index (χ1v) is 6.72. The van der Waals surface area contributed by atoms with Crippen molar-refractivity contribution in [1.82, 2.24) is 14.6 Å². The molecule has 2 aromatic heterocycles. The number of rotatable bonds is 4. The van der Waals surface area contributed by atoms with Crippen LogP contribution in [-0.4, -0.2) is 25.7 Å². The normalized spacial score (nSPS) is 12.4. The molecule has 2 heterocycles. The Kier molecular flexibility index (Phi) is 3.39. The van der Waals surface area contributed by atoms with Gasteiger partial charge in [0, 0.05) is 12.4 Å². The zero-order valence-electron chi connectivity index (χ0n) is 11.6. The molecule has 5 heteroatoms. The van der Waals surface area contributed by atoms with E-state index in [0.717, 1.165) is 16.6 Å². The molecule has 1 unspecified atom stereocenters. The van der Waals surface area contributed by atoms with Crippen molar-refractivity contribution in [1.29, 1.82) is 0 Å². The van der Waals surface area contributed by atoms with Crippen LogP contribution in [0.25, 0.3) is 5.52 Å². The van der Waals surface area contributed by atoms with E-state index >= 15 is 0 Å². The van der Waals surface area contributed by atoms with E-state index in [9.17, 15) is 9.90 Å². The molecule has 0 aliphatic heterocycles. The minimum absolute atomic E-state index is 0.417. The van der Waals surface area contributed by atoms with Crippen molar-refractivity contribution in [3.05, 3.63) is 65.7 Å². The third kappa shape index (κ3) is 2.50. The number of aliphatic carboxylic acids is 1. The average Bonchev–Trinajstić information content (AvgIpc) is 2.94. The molecule has 0 radical (unpaired) electrons. The van der Waals surface area contributed by atoms with Gasteiger partial charge in [-0.3, -0.25) is 9.78 Å². The van der Waals surface area contributed by atoms with Crippen LogP contribution in [0.15, 0.2) is 48.9 Å². The molecule has 0 spiro atoms. The van der Waals surface area contributed by atoms with Gasteiger partial charge in [0.1, 0.15) is 5.92 Å². The molecule has 3 rings (SSSR count). The highest BCUT2D eigenvalue weighted by atomic mass is 16.4. The molecular weight excluding hydrogens is 266 g/mol. The summed E-state index contributed by atoms with van der Waals surface area (Å²) in [6.07, 6.45) is 5.36. The van der Waals surface area contributed by atoms with Gasteiger partial charge in [0.05, 0.1) is 17.4 Å². The topological polar surface area (TPSA) is 67.5 Å². The van der Waals surface area contributed by atoms with Crippen molar-refractivity contribution in [2.45, 2.75) is 19.3 Å². The van der Waals surface area contributed by atoms with Gasteiger partial charge in [0.2, 0.25) is 0 Å². The standard InChI is InChI=1S/C16H15N3O2/c1-11-4-2-3-5-12(11)10-13(16(20)21)15-14-6-7-18-19(14)9-8-17-15/h2-9,13H,10H2,1H3,(H,20,21). The van der Waals surface area contributed by atoms with Gasteiger partial charge in [0.15, 0.2) is 0 Å². The second-order valence-corrected chi connectivity index (χ2v) is 4.99. The van der Waals surface area contributed by atoms with E-state index < -0.39 is 11.9 Å². The number of hydrogen-bond donors (Lipinski definition) is 1. The van der Waals surface area contributed by atoms with Crippen molar-refractivity contribution in [3.63, 3.8) is 0 Å². The fourth-order valence-electron chi connectivity index (χ4n) is 2.51. The first-order valence-electron chi connectivity index (χ1n) is 6.72. The minimum atomic E-state index is -0.875. The Bertz CT molecular complexity index is 795. The maximum Gasteiger partial charge on any atom is 0.313 e. The molecule has 3 aromatic rings. The van der Waals surface area contributed by atoms with Crippen LogP contribution in [0.2, 0.25) is 0 Å². The van der Waals surface area contributed by atoms with Crippen LogP contribution in [-0.2, 0) is 11.2 Å². The second-order valence-electron chi connectivity index (χ2n) is 4.99. The van der Waals surface area contributed by atoms with Crippen LogP contribution < -0.4 is 0 Å². The van der Waals surface area contributed by atoms with E-state index in [1.165, 1.54) is 0 Å². The molecule has 0 saturated heterocycles. The molecule has 106 valence electrons. The highest BCUT2D eigenvalue weighted by Crippen LogP contribution is 2.24.